The number of nitrogens with zero attached hydrogens (tertiary/aromatic N) is 1. The van der Waals surface area contributed by atoms with Gasteiger partial charge in [0.15, 0.2) is 5.96 Å². The molecule has 2 heterocycles. The zero-order valence-electron chi connectivity index (χ0n) is 14.7. The normalized spacial score (nSPS) is 12.3. The lowest BCUT2D eigenvalue weighted by Crippen LogP contribution is -2.39. The summed E-state index contributed by atoms with van der Waals surface area (Å²) >= 11 is 0. The molecule has 0 bridgehead atoms. The molecule has 0 saturated heterocycles. The maximum Gasteiger partial charge on any atom is 0.192 e. The van der Waals surface area contributed by atoms with Crippen LogP contribution < -0.4 is 10.6 Å². The van der Waals surface area contributed by atoms with Crippen LogP contribution in [0, 0.1) is 0 Å². The molecule has 0 aliphatic heterocycles. The number of benzene rings is 1. The van der Waals surface area contributed by atoms with E-state index < -0.39 is 0 Å². The molecule has 6 heteroatoms. The van der Waals surface area contributed by atoms with Gasteiger partial charge in [-0.3, -0.25) is 0 Å². The van der Waals surface area contributed by atoms with Crippen LogP contribution >= 0.6 is 24.0 Å². The molecule has 0 fully saturated rings. The van der Waals surface area contributed by atoms with Crippen molar-refractivity contribution in [3.8, 4) is 0 Å². The number of nitrogens with one attached hydrogen (secondary N) is 2. The Kier molecular flexibility index (Phi) is 8.27. The summed E-state index contributed by atoms with van der Waals surface area (Å²) in [6, 6.07) is 18.1. The maximum atomic E-state index is 5.37. The summed E-state index contributed by atoms with van der Waals surface area (Å²) in [6.07, 6.45) is 4.15. The highest BCUT2D eigenvalue weighted by Crippen LogP contribution is 2.11. The average molecular weight is 465 g/mol. The van der Waals surface area contributed by atoms with E-state index in [1.54, 1.807) is 12.5 Å². The molecule has 0 radical (unpaired) electrons. The van der Waals surface area contributed by atoms with Crippen molar-refractivity contribution in [1.29, 1.82) is 0 Å². The number of aliphatic imine (C=N–C) groups is 1. The van der Waals surface area contributed by atoms with Crippen LogP contribution in [0.15, 0.2) is 81.0 Å². The van der Waals surface area contributed by atoms with E-state index in [0.717, 1.165) is 30.4 Å². The van der Waals surface area contributed by atoms with Gasteiger partial charge in [0.1, 0.15) is 18.1 Å². The van der Waals surface area contributed by atoms with Crippen LogP contribution in [0.2, 0.25) is 0 Å². The minimum atomic E-state index is 0. The zero-order chi connectivity index (χ0) is 17.3. The molecule has 2 N–H and O–H groups in total. The van der Waals surface area contributed by atoms with Gasteiger partial charge in [-0.1, -0.05) is 30.3 Å². The molecule has 0 aliphatic rings. The molecule has 0 amide bonds. The molecular formula is C20H24IN3O2. The first-order valence-electron chi connectivity index (χ1n) is 8.46. The fraction of sp³-hybridized carbons (Fsp3) is 0.250. The predicted molar refractivity (Wildman–Crippen MR) is 114 cm³/mol. The Morgan fingerprint density at radius 1 is 0.962 bits per heavy atom. The highest BCUT2D eigenvalue weighted by atomic mass is 127. The Balaban J connectivity index is 0.00000243. The Hall–Kier alpha value is -2.22. The molecule has 0 spiro atoms. The summed E-state index contributed by atoms with van der Waals surface area (Å²) in [4.78, 5) is 4.62. The number of hydrogen-bond acceptors (Lipinski definition) is 3. The molecule has 1 aromatic carbocycles. The Morgan fingerprint density at radius 3 is 2.31 bits per heavy atom. The summed E-state index contributed by atoms with van der Waals surface area (Å²) in [5, 5.41) is 6.80. The first-order chi connectivity index (χ1) is 12.3. The molecule has 1 atom stereocenters. The van der Waals surface area contributed by atoms with Crippen LogP contribution in [0.3, 0.4) is 0 Å². The van der Waals surface area contributed by atoms with Crippen molar-refractivity contribution in [1.82, 2.24) is 10.6 Å². The first kappa shape index (κ1) is 20.1. The topological polar surface area (TPSA) is 62.7 Å². The van der Waals surface area contributed by atoms with Gasteiger partial charge in [-0.2, -0.15) is 0 Å². The Morgan fingerprint density at radius 2 is 1.65 bits per heavy atom. The molecule has 5 nitrogen and oxygen atoms in total. The zero-order valence-corrected chi connectivity index (χ0v) is 17.1. The molecule has 0 saturated carbocycles. The molecule has 0 aliphatic carbocycles. The largest absolute Gasteiger partial charge is 0.469 e. The SMILES string of the molecule is CC(NC(=NCc1ccco1)NCCc1ccco1)c1ccccc1.I. The highest BCUT2D eigenvalue weighted by molar-refractivity contribution is 14.0. The van der Waals surface area contributed by atoms with Crippen molar-refractivity contribution in [2.75, 3.05) is 6.54 Å². The summed E-state index contributed by atoms with van der Waals surface area (Å²) in [5.41, 5.74) is 1.21. The van der Waals surface area contributed by atoms with Crippen LogP contribution in [-0.2, 0) is 13.0 Å². The lowest BCUT2D eigenvalue weighted by atomic mass is 10.1. The molecular weight excluding hydrogens is 441 g/mol. The third kappa shape index (κ3) is 6.25. The van der Waals surface area contributed by atoms with Crippen LogP contribution in [0.5, 0.6) is 0 Å². The van der Waals surface area contributed by atoms with E-state index in [0.29, 0.717) is 6.54 Å². The van der Waals surface area contributed by atoms with Gasteiger partial charge in [0.25, 0.3) is 0 Å². The van der Waals surface area contributed by atoms with Crippen LogP contribution in [0.25, 0.3) is 0 Å². The van der Waals surface area contributed by atoms with Crippen molar-refractivity contribution in [3.05, 3.63) is 84.2 Å². The number of guanidine groups is 1. The van der Waals surface area contributed by atoms with E-state index in [-0.39, 0.29) is 30.0 Å². The van der Waals surface area contributed by atoms with E-state index in [1.165, 1.54) is 5.56 Å². The average Bonchev–Trinajstić information content (AvgIpc) is 3.34. The highest BCUT2D eigenvalue weighted by Gasteiger charge is 2.08. The fourth-order valence-electron chi connectivity index (χ4n) is 2.50. The summed E-state index contributed by atoms with van der Waals surface area (Å²) in [5.74, 6) is 2.54. The van der Waals surface area contributed by atoms with Crippen molar-refractivity contribution < 1.29 is 8.83 Å². The van der Waals surface area contributed by atoms with Gasteiger partial charge in [0, 0.05) is 13.0 Å². The lowest BCUT2D eigenvalue weighted by molar-refractivity contribution is 0.504. The third-order valence-electron chi connectivity index (χ3n) is 3.87. The third-order valence-corrected chi connectivity index (χ3v) is 3.87. The maximum absolute atomic E-state index is 5.37. The van der Waals surface area contributed by atoms with E-state index >= 15 is 0 Å². The van der Waals surface area contributed by atoms with E-state index in [1.807, 2.05) is 42.5 Å². The molecule has 26 heavy (non-hydrogen) atoms. The van der Waals surface area contributed by atoms with Gasteiger partial charge < -0.3 is 19.5 Å². The standard InChI is InChI=1S/C20H23N3O2.HI/c1-16(17-7-3-2-4-8-17)23-20(22-15-19-10-6-14-25-19)21-12-11-18-9-5-13-24-18;/h2-10,13-14,16H,11-12,15H2,1H3,(H2,21,22,23);1H. The van der Waals surface area contributed by atoms with Gasteiger partial charge in [-0.15, -0.1) is 24.0 Å². The Labute approximate surface area is 170 Å². The second kappa shape index (κ2) is 10.7. The fourth-order valence-corrected chi connectivity index (χ4v) is 2.50. The van der Waals surface area contributed by atoms with E-state index in [4.69, 9.17) is 8.83 Å². The van der Waals surface area contributed by atoms with E-state index in [9.17, 15) is 0 Å². The number of furan rings is 2. The summed E-state index contributed by atoms with van der Waals surface area (Å²) in [7, 11) is 0. The smallest absolute Gasteiger partial charge is 0.192 e. The summed E-state index contributed by atoms with van der Waals surface area (Å²) in [6.45, 7) is 3.34. The van der Waals surface area contributed by atoms with Gasteiger partial charge in [-0.25, -0.2) is 4.99 Å². The number of hydrogen-bond donors (Lipinski definition) is 2. The van der Waals surface area contributed by atoms with E-state index in [2.05, 4.69) is 34.7 Å². The molecule has 2 aromatic heterocycles. The molecule has 1 unspecified atom stereocenters. The number of rotatable bonds is 7. The molecule has 138 valence electrons. The minimum Gasteiger partial charge on any atom is -0.469 e. The Bertz CT molecular complexity index is 756. The van der Waals surface area contributed by atoms with Crippen molar-refractivity contribution in [2.45, 2.75) is 25.9 Å². The predicted octanol–water partition coefficient (Wildman–Crippen LogP) is 4.53. The number of halogens is 1. The molecule has 3 rings (SSSR count). The lowest BCUT2D eigenvalue weighted by Gasteiger charge is -2.18. The van der Waals surface area contributed by atoms with Crippen molar-refractivity contribution >= 4 is 29.9 Å². The van der Waals surface area contributed by atoms with Gasteiger partial charge in [0.2, 0.25) is 0 Å². The minimum absolute atomic E-state index is 0. The van der Waals surface area contributed by atoms with Crippen molar-refractivity contribution in [2.24, 2.45) is 4.99 Å². The van der Waals surface area contributed by atoms with Gasteiger partial charge >= 0.3 is 0 Å². The van der Waals surface area contributed by atoms with Crippen molar-refractivity contribution in [3.63, 3.8) is 0 Å². The quantitative estimate of drug-likeness (QED) is 0.306. The van der Waals surface area contributed by atoms with Crippen LogP contribution in [-0.4, -0.2) is 12.5 Å². The van der Waals surface area contributed by atoms with Crippen LogP contribution in [0.4, 0.5) is 0 Å². The monoisotopic (exact) mass is 465 g/mol. The second-order valence-corrected chi connectivity index (χ2v) is 5.78. The van der Waals surface area contributed by atoms with Gasteiger partial charge in [-0.05, 0) is 36.8 Å². The molecule has 3 aromatic rings. The van der Waals surface area contributed by atoms with Gasteiger partial charge in [0.05, 0.1) is 18.6 Å². The first-order valence-corrected chi connectivity index (χ1v) is 8.46. The van der Waals surface area contributed by atoms with Crippen LogP contribution in [0.1, 0.15) is 30.0 Å². The second-order valence-electron chi connectivity index (χ2n) is 5.78. The summed E-state index contributed by atoms with van der Waals surface area (Å²) < 4.78 is 10.7.